The lowest BCUT2D eigenvalue weighted by molar-refractivity contribution is 0.0734. The molecule has 0 saturated heterocycles. The Labute approximate surface area is 149 Å². The van der Waals surface area contributed by atoms with Gasteiger partial charge in [-0.15, -0.1) is 0 Å². The molecule has 0 N–H and O–H groups in total. The van der Waals surface area contributed by atoms with Gasteiger partial charge in [0, 0.05) is 0 Å². The quantitative estimate of drug-likeness (QED) is 0.539. The van der Waals surface area contributed by atoms with Crippen LogP contribution in [0.1, 0.15) is 66.4 Å². The van der Waals surface area contributed by atoms with Gasteiger partial charge in [-0.1, -0.05) is 31.9 Å². The fourth-order valence-corrected chi connectivity index (χ4v) is 3.70. The lowest BCUT2D eigenvalue weighted by atomic mass is 9.94. The van der Waals surface area contributed by atoms with Gasteiger partial charge in [0.25, 0.3) is 0 Å². The first-order chi connectivity index (χ1) is 12.2. The zero-order valence-corrected chi connectivity index (χ0v) is 14.6. The highest BCUT2D eigenvalue weighted by molar-refractivity contribution is 5.91. The van der Waals surface area contributed by atoms with Crippen molar-refractivity contribution in [3.63, 3.8) is 0 Å². The molecule has 0 heterocycles. The van der Waals surface area contributed by atoms with Crippen LogP contribution in [0.25, 0.3) is 0 Å². The number of esters is 1. The SMILES string of the molecule is CCC[C@H]1CC[C@@H](c2ccc(C(=O)Oc3ccc(C#N)cc3)cc2)C1. The maximum Gasteiger partial charge on any atom is 0.343 e. The molecule has 0 unspecified atom stereocenters. The highest BCUT2D eigenvalue weighted by Crippen LogP contribution is 2.40. The molecule has 128 valence electrons. The van der Waals surface area contributed by atoms with Crippen LogP contribution in [0.5, 0.6) is 5.75 Å². The van der Waals surface area contributed by atoms with E-state index in [1.54, 1.807) is 24.3 Å². The van der Waals surface area contributed by atoms with Crippen LogP contribution in [0.3, 0.4) is 0 Å². The molecule has 3 rings (SSSR count). The van der Waals surface area contributed by atoms with Gasteiger partial charge in [0.15, 0.2) is 0 Å². The Morgan fingerprint density at radius 2 is 1.84 bits per heavy atom. The van der Waals surface area contributed by atoms with Crippen molar-refractivity contribution in [1.29, 1.82) is 5.26 Å². The second kappa shape index (κ2) is 7.98. The molecule has 2 atom stereocenters. The summed E-state index contributed by atoms with van der Waals surface area (Å²) in [4.78, 5) is 12.3. The number of rotatable bonds is 5. The van der Waals surface area contributed by atoms with Gasteiger partial charge in [-0.3, -0.25) is 0 Å². The highest BCUT2D eigenvalue weighted by atomic mass is 16.5. The average molecular weight is 333 g/mol. The maximum absolute atomic E-state index is 12.3. The Bertz CT molecular complexity index is 756. The van der Waals surface area contributed by atoms with Gasteiger partial charge < -0.3 is 4.74 Å². The molecule has 1 saturated carbocycles. The number of nitrogens with zero attached hydrogens (tertiary/aromatic N) is 1. The topological polar surface area (TPSA) is 50.1 Å². The van der Waals surface area contributed by atoms with Crippen LogP contribution in [0.15, 0.2) is 48.5 Å². The molecule has 3 nitrogen and oxygen atoms in total. The van der Waals surface area contributed by atoms with Crippen molar-refractivity contribution in [2.45, 2.75) is 44.9 Å². The van der Waals surface area contributed by atoms with Crippen molar-refractivity contribution in [3.8, 4) is 11.8 Å². The fraction of sp³-hybridized carbons (Fsp3) is 0.364. The minimum Gasteiger partial charge on any atom is -0.423 e. The normalized spacial score (nSPS) is 19.4. The molecule has 0 spiro atoms. The number of nitriles is 1. The summed E-state index contributed by atoms with van der Waals surface area (Å²) in [6.07, 6.45) is 6.42. The molecule has 0 radical (unpaired) electrons. The van der Waals surface area contributed by atoms with E-state index in [2.05, 4.69) is 19.1 Å². The average Bonchev–Trinajstić information content (AvgIpc) is 3.11. The molecule has 25 heavy (non-hydrogen) atoms. The van der Waals surface area contributed by atoms with Gasteiger partial charge in [-0.25, -0.2) is 4.79 Å². The minimum absolute atomic E-state index is 0.369. The van der Waals surface area contributed by atoms with Crippen LogP contribution >= 0.6 is 0 Å². The van der Waals surface area contributed by atoms with Gasteiger partial charge in [0.2, 0.25) is 0 Å². The highest BCUT2D eigenvalue weighted by Gasteiger charge is 2.25. The minimum atomic E-state index is -0.369. The molecular weight excluding hydrogens is 310 g/mol. The van der Waals surface area contributed by atoms with Gasteiger partial charge >= 0.3 is 5.97 Å². The van der Waals surface area contributed by atoms with Crippen LogP contribution in [0.2, 0.25) is 0 Å². The third-order valence-corrected chi connectivity index (χ3v) is 5.05. The molecular formula is C22H23NO2. The summed E-state index contributed by atoms with van der Waals surface area (Å²) >= 11 is 0. The third-order valence-electron chi connectivity index (χ3n) is 5.05. The number of hydrogen-bond donors (Lipinski definition) is 0. The predicted octanol–water partition coefficient (Wildman–Crippen LogP) is 5.46. The standard InChI is InChI=1S/C22H23NO2/c1-2-3-16-4-7-20(14-16)18-8-10-19(11-9-18)22(24)25-21-12-5-17(15-23)6-13-21/h5-6,8-13,16,20H,2-4,7,14H2,1H3/t16-,20+/m0/s1. The summed E-state index contributed by atoms with van der Waals surface area (Å²) < 4.78 is 5.37. The number of hydrogen-bond acceptors (Lipinski definition) is 3. The van der Waals surface area contributed by atoms with Crippen LogP contribution < -0.4 is 4.74 Å². The van der Waals surface area contributed by atoms with E-state index < -0.39 is 0 Å². The monoisotopic (exact) mass is 333 g/mol. The van der Waals surface area contributed by atoms with E-state index in [1.165, 1.54) is 37.7 Å². The number of carbonyl (C=O) groups excluding carboxylic acids is 1. The van der Waals surface area contributed by atoms with E-state index in [0.29, 0.717) is 22.8 Å². The van der Waals surface area contributed by atoms with E-state index in [4.69, 9.17) is 10.00 Å². The molecule has 3 heteroatoms. The van der Waals surface area contributed by atoms with Gasteiger partial charge in [-0.05, 0) is 73.1 Å². The van der Waals surface area contributed by atoms with Crippen LogP contribution in [-0.4, -0.2) is 5.97 Å². The fourth-order valence-electron chi connectivity index (χ4n) is 3.70. The number of ether oxygens (including phenoxy) is 1. The van der Waals surface area contributed by atoms with Crippen molar-refractivity contribution in [3.05, 3.63) is 65.2 Å². The van der Waals surface area contributed by atoms with Gasteiger partial charge in [0.05, 0.1) is 17.2 Å². The van der Waals surface area contributed by atoms with E-state index in [0.717, 1.165) is 5.92 Å². The first-order valence-electron chi connectivity index (χ1n) is 9.02. The van der Waals surface area contributed by atoms with Crippen molar-refractivity contribution in [1.82, 2.24) is 0 Å². The zero-order chi connectivity index (χ0) is 17.6. The summed E-state index contributed by atoms with van der Waals surface area (Å²) in [6, 6.07) is 16.4. The van der Waals surface area contributed by atoms with Crippen LogP contribution in [0, 0.1) is 17.2 Å². The van der Waals surface area contributed by atoms with Crippen molar-refractivity contribution in [2.75, 3.05) is 0 Å². The summed E-state index contributed by atoms with van der Waals surface area (Å²) in [5.74, 6) is 1.56. The molecule has 0 bridgehead atoms. The summed E-state index contributed by atoms with van der Waals surface area (Å²) in [5, 5.41) is 8.79. The van der Waals surface area contributed by atoms with E-state index in [1.807, 2.05) is 18.2 Å². The molecule has 0 aliphatic heterocycles. The second-order valence-corrected chi connectivity index (χ2v) is 6.81. The molecule has 0 amide bonds. The van der Waals surface area contributed by atoms with Gasteiger partial charge in [-0.2, -0.15) is 5.26 Å². The molecule has 2 aromatic rings. The molecule has 1 fully saturated rings. The summed E-state index contributed by atoms with van der Waals surface area (Å²) in [7, 11) is 0. The van der Waals surface area contributed by atoms with Crippen LogP contribution in [-0.2, 0) is 0 Å². The van der Waals surface area contributed by atoms with E-state index in [-0.39, 0.29) is 5.97 Å². The zero-order valence-electron chi connectivity index (χ0n) is 14.6. The Balaban J connectivity index is 1.61. The lowest BCUT2D eigenvalue weighted by Gasteiger charge is -2.12. The third kappa shape index (κ3) is 4.28. The Morgan fingerprint density at radius 3 is 2.48 bits per heavy atom. The predicted molar refractivity (Wildman–Crippen MR) is 97.5 cm³/mol. The molecule has 0 aromatic heterocycles. The summed E-state index contributed by atoms with van der Waals surface area (Å²) in [5.41, 5.74) is 2.42. The van der Waals surface area contributed by atoms with Crippen molar-refractivity contribution in [2.24, 2.45) is 5.92 Å². The Kier molecular flexibility index (Phi) is 5.50. The van der Waals surface area contributed by atoms with E-state index >= 15 is 0 Å². The first kappa shape index (κ1) is 17.2. The Hall–Kier alpha value is -2.60. The van der Waals surface area contributed by atoms with Crippen molar-refractivity contribution >= 4 is 5.97 Å². The Morgan fingerprint density at radius 1 is 1.12 bits per heavy atom. The largest absolute Gasteiger partial charge is 0.423 e. The van der Waals surface area contributed by atoms with Crippen LogP contribution in [0.4, 0.5) is 0 Å². The van der Waals surface area contributed by atoms with Crippen molar-refractivity contribution < 1.29 is 9.53 Å². The van der Waals surface area contributed by atoms with Gasteiger partial charge in [0.1, 0.15) is 5.75 Å². The lowest BCUT2D eigenvalue weighted by Crippen LogP contribution is -2.08. The first-order valence-corrected chi connectivity index (χ1v) is 9.02. The number of benzene rings is 2. The second-order valence-electron chi connectivity index (χ2n) is 6.81. The molecule has 1 aliphatic carbocycles. The maximum atomic E-state index is 12.3. The summed E-state index contributed by atoms with van der Waals surface area (Å²) in [6.45, 7) is 2.25. The van der Waals surface area contributed by atoms with E-state index in [9.17, 15) is 4.79 Å². The number of carbonyl (C=O) groups is 1. The molecule has 2 aromatic carbocycles. The smallest absolute Gasteiger partial charge is 0.343 e. The molecule has 1 aliphatic rings.